The minimum absolute atomic E-state index is 0.370. The van der Waals surface area contributed by atoms with Gasteiger partial charge in [-0.05, 0) is 43.7 Å². The normalized spacial score (nSPS) is 10.4. The SMILES string of the molecule is COC(=O)c1ccc(Cl)c(Nc2nc(C)cc(Nc3ccccc3C)n2)c1. The highest BCUT2D eigenvalue weighted by atomic mass is 35.5. The molecule has 6 nitrogen and oxygen atoms in total. The molecule has 7 heteroatoms. The molecule has 0 aliphatic rings. The third kappa shape index (κ3) is 4.54. The van der Waals surface area contributed by atoms with Crippen LogP contribution in [0.1, 0.15) is 21.6 Å². The lowest BCUT2D eigenvalue weighted by molar-refractivity contribution is 0.0601. The van der Waals surface area contributed by atoms with Gasteiger partial charge >= 0.3 is 5.97 Å². The van der Waals surface area contributed by atoms with E-state index in [2.05, 4.69) is 20.6 Å². The van der Waals surface area contributed by atoms with Crippen LogP contribution < -0.4 is 10.6 Å². The molecule has 1 heterocycles. The highest BCUT2D eigenvalue weighted by Crippen LogP contribution is 2.27. The van der Waals surface area contributed by atoms with Crippen LogP contribution in [0.2, 0.25) is 5.02 Å². The number of esters is 1. The van der Waals surface area contributed by atoms with E-state index in [1.54, 1.807) is 18.2 Å². The molecule has 1 aromatic heterocycles. The number of aromatic nitrogens is 2. The molecule has 0 bridgehead atoms. The summed E-state index contributed by atoms with van der Waals surface area (Å²) in [5.74, 6) is 0.580. The van der Waals surface area contributed by atoms with Gasteiger partial charge in [0.1, 0.15) is 5.82 Å². The molecule has 27 heavy (non-hydrogen) atoms. The van der Waals surface area contributed by atoms with Crippen LogP contribution >= 0.6 is 11.6 Å². The highest BCUT2D eigenvalue weighted by molar-refractivity contribution is 6.33. The Kier molecular flexibility index (Phi) is 5.57. The minimum atomic E-state index is -0.443. The molecule has 0 saturated carbocycles. The van der Waals surface area contributed by atoms with Gasteiger partial charge in [0.15, 0.2) is 0 Å². The van der Waals surface area contributed by atoms with Gasteiger partial charge in [0.05, 0.1) is 23.4 Å². The van der Waals surface area contributed by atoms with E-state index in [4.69, 9.17) is 16.3 Å². The summed E-state index contributed by atoms with van der Waals surface area (Å²) >= 11 is 6.24. The molecular weight excluding hydrogens is 364 g/mol. The van der Waals surface area contributed by atoms with Crippen molar-refractivity contribution in [2.75, 3.05) is 17.7 Å². The van der Waals surface area contributed by atoms with Crippen LogP contribution in [-0.4, -0.2) is 23.0 Å². The lowest BCUT2D eigenvalue weighted by Gasteiger charge is -2.12. The topological polar surface area (TPSA) is 76.1 Å². The first-order chi connectivity index (χ1) is 13.0. The zero-order valence-corrected chi connectivity index (χ0v) is 16.0. The first kappa shape index (κ1) is 18.7. The fraction of sp³-hybridized carbons (Fsp3) is 0.150. The van der Waals surface area contributed by atoms with Crippen LogP contribution in [0.4, 0.5) is 23.1 Å². The molecule has 0 aliphatic heterocycles. The number of rotatable bonds is 5. The van der Waals surface area contributed by atoms with E-state index in [0.717, 1.165) is 16.9 Å². The van der Waals surface area contributed by atoms with E-state index in [-0.39, 0.29) is 0 Å². The summed E-state index contributed by atoms with van der Waals surface area (Å²) in [6.07, 6.45) is 0. The van der Waals surface area contributed by atoms with Gasteiger partial charge < -0.3 is 15.4 Å². The van der Waals surface area contributed by atoms with Crippen LogP contribution in [-0.2, 0) is 4.74 Å². The minimum Gasteiger partial charge on any atom is -0.465 e. The Balaban J connectivity index is 1.89. The van der Waals surface area contributed by atoms with Gasteiger partial charge in [-0.2, -0.15) is 4.98 Å². The number of carbonyl (C=O) groups excluding carboxylic acids is 1. The molecule has 138 valence electrons. The van der Waals surface area contributed by atoms with Crippen molar-refractivity contribution < 1.29 is 9.53 Å². The number of hydrogen-bond acceptors (Lipinski definition) is 6. The number of ether oxygens (including phenoxy) is 1. The number of para-hydroxylation sites is 1. The standard InChI is InChI=1S/C20H19ClN4O2/c1-12-6-4-5-7-16(12)23-18-10-13(2)22-20(25-18)24-17-11-14(19(26)27-3)8-9-15(17)21/h4-11H,1-3H3,(H2,22,23,24,25). The number of carbonyl (C=O) groups is 1. The monoisotopic (exact) mass is 382 g/mol. The third-order valence-electron chi connectivity index (χ3n) is 3.90. The highest BCUT2D eigenvalue weighted by Gasteiger charge is 2.11. The molecule has 3 aromatic rings. The molecule has 0 amide bonds. The number of methoxy groups -OCH3 is 1. The summed E-state index contributed by atoms with van der Waals surface area (Å²) < 4.78 is 4.75. The van der Waals surface area contributed by atoms with Crippen molar-refractivity contribution in [3.63, 3.8) is 0 Å². The Morgan fingerprint density at radius 3 is 2.52 bits per heavy atom. The van der Waals surface area contributed by atoms with Crippen LogP contribution in [0.5, 0.6) is 0 Å². The van der Waals surface area contributed by atoms with Crippen LogP contribution in [0.3, 0.4) is 0 Å². The molecule has 2 N–H and O–H groups in total. The second-order valence-electron chi connectivity index (χ2n) is 5.97. The van der Waals surface area contributed by atoms with Gasteiger partial charge in [0.2, 0.25) is 5.95 Å². The number of benzene rings is 2. The average molecular weight is 383 g/mol. The fourth-order valence-electron chi connectivity index (χ4n) is 2.53. The number of anilines is 4. The molecule has 0 unspecified atom stereocenters. The number of nitrogens with one attached hydrogen (secondary N) is 2. The Morgan fingerprint density at radius 1 is 1.00 bits per heavy atom. The number of aryl methyl sites for hydroxylation is 2. The predicted molar refractivity (Wildman–Crippen MR) is 107 cm³/mol. The van der Waals surface area contributed by atoms with Gasteiger partial charge in [0, 0.05) is 17.4 Å². The van der Waals surface area contributed by atoms with Crippen molar-refractivity contribution in [2.24, 2.45) is 0 Å². The Hall–Kier alpha value is -3.12. The van der Waals surface area contributed by atoms with Crippen molar-refractivity contribution >= 4 is 40.7 Å². The second-order valence-corrected chi connectivity index (χ2v) is 6.38. The maximum atomic E-state index is 11.7. The lowest BCUT2D eigenvalue weighted by atomic mass is 10.2. The maximum Gasteiger partial charge on any atom is 0.337 e. The van der Waals surface area contributed by atoms with E-state index in [0.29, 0.717) is 28.0 Å². The summed E-state index contributed by atoms with van der Waals surface area (Å²) in [7, 11) is 1.33. The first-order valence-electron chi connectivity index (χ1n) is 8.29. The summed E-state index contributed by atoms with van der Waals surface area (Å²) in [4.78, 5) is 20.6. The molecule has 0 radical (unpaired) electrons. The van der Waals surface area contributed by atoms with Gasteiger partial charge in [0.25, 0.3) is 0 Å². The smallest absolute Gasteiger partial charge is 0.337 e. The van der Waals surface area contributed by atoms with Gasteiger partial charge in [-0.25, -0.2) is 9.78 Å². The van der Waals surface area contributed by atoms with Crippen molar-refractivity contribution in [3.05, 3.63) is 70.4 Å². The molecule has 0 saturated heterocycles. The molecule has 0 aliphatic carbocycles. The molecule has 2 aromatic carbocycles. The number of nitrogens with zero attached hydrogens (tertiary/aromatic N) is 2. The maximum absolute atomic E-state index is 11.7. The second kappa shape index (κ2) is 8.05. The number of hydrogen-bond donors (Lipinski definition) is 2. The Labute approximate surface area is 162 Å². The van der Waals surface area contributed by atoms with Crippen molar-refractivity contribution in [2.45, 2.75) is 13.8 Å². The van der Waals surface area contributed by atoms with Gasteiger partial charge in [-0.1, -0.05) is 29.8 Å². The van der Waals surface area contributed by atoms with Crippen LogP contribution in [0, 0.1) is 13.8 Å². The van der Waals surface area contributed by atoms with E-state index in [9.17, 15) is 4.79 Å². The third-order valence-corrected chi connectivity index (χ3v) is 4.23. The largest absolute Gasteiger partial charge is 0.465 e. The molecule has 0 spiro atoms. The van der Waals surface area contributed by atoms with Gasteiger partial charge in [-0.15, -0.1) is 0 Å². The quantitative estimate of drug-likeness (QED) is 0.603. The summed E-state index contributed by atoms with van der Waals surface area (Å²) in [6, 6.07) is 14.6. The van der Waals surface area contributed by atoms with Crippen LogP contribution in [0.25, 0.3) is 0 Å². The summed E-state index contributed by atoms with van der Waals surface area (Å²) in [5, 5.41) is 6.81. The summed E-state index contributed by atoms with van der Waals surface area (Å²) in [5.41, 5.74) is 3.76. The van der Waals surface area contributed by atoms with Crippen molar-refractivity contribution in [3.8, 4) is 0 Å². The zero-order chi connectivity index (χ0) is 19.4. The average Bonchev–Trinajstić information content (AvgIpc) is 2.64. The van der Waals surface area contributed by atoms with Gasteiger partial charge in [-0.3, -0.25) is 0 Å². The molecule has 0 atom stereocenters. The number of halogens is 1. The Morgan fingerprint density at radius 2 is 1.78 bits per heavy atom. The molecule has 3 rings (SSSR count). The molecule has 0 fully saturated rings. The molecular formula is C20H19ClN4O2. The fourth-order valence-corrected chi connectivity index (χ4v) is 2.69. The van der Waals surface area contributed by atoms with Crippen molar-refractivity contribution in [1.82, 2.24) is 9.97 Å². The summed E-state index contributed by atoms with van der Waals surface area (Å²) in [6.45, 7) is 3.90. The first-order valence-corrected chi connectivity index (χ1v) is 8.67. The van der Waals surface area contributed by atoms with Crippen molar-refractivity contribution in [1.29, 1.82) is 0 Å². The van der Waals surface area contributed by atoms with E-state index < -0.39 is 5.97 Å². The zero-order valence-electron chi connectivity index (χ0n) is 15.2. The van der Waals surface area contributed by atoms with Crippen LogP contribution in [0.15, 0.2) is 48.5 Å². The van der Waals surface area contributed by atoms with E-state index in [1.807, 2.05) is 44.2 Å². The lowest BCUT2D eigenvalue weighted by Crippen LogP contribution is -2.05. The Bertz CT molecular complexity index is 991. The van der Waals surface area contributed by atoms with E-state index in [1.165, 1.54) is 7.11 Å². The predicted octanol–water partition coefficient (Wildman–Crippen LogP) is 5.02. The van der Waals surface area contributed by atoms with E-state index >= 15 is 0 Å².